The molecule has 1 heterocycles. The Morgan fingerprint density at radius 1 is 0.825 bits per heavy atom. The van der Waals surface area contributed by atoms with Crippen LogP contribution in [0.5, 0.6) is 11.5 Å². The molecule has 218 valence electrons. The molecule has 2 atom stereocenters. The third-order valence-electron chi connectivity index (χ3n) is 6.06. The summed E-state index contributed by atoms with van der Waals surface area (Å²) in [6.07, 6.45) is 1.25. The van der Waals surface area contributed by atoms with Gasteiger partial charge in [0.1, 0.15) is 17.2 Å². The van der Waals surface area contributed by atoms with Gasteiger partial charge in [0.15, 0.2) is 0 Å². The zero-order chi connectivity index (χ0) is 27.7. The molecule has 0 aliphatic rings. The number of phenolic OH excluding ortho intramolecular Hbond substituents is 2. The summed E-state index contributed by atoms with van der Waals surface area (Å²) in [5, 5.41) is 24.2. The molecular formula is C27H36Cl2N6O5. The Balaban J connectivity index is 0.00000400. The van der Waals surface area contributed by atoms with E-state index in [2.05, 4.69) is 20.6 Å². The van der Waals surface area contributed by atoms with Crippen LogP contribution >= 0.6 is 24.8 Å². The molecule has 2 unspecified atom stereocenters. The van der Waals surface area contributed by atoms with Gasteiger partial charge >= 0.3 is 0 Å². The van der Waals surface area contributed by atoms with Crippen molar-refractivity contribution in [1.82, 2.24) is 20.6 Å². The summed E-state index contributed by atoms with van der Waals surface area (Å²) in [5.41, 5.74) is 14.8. The molecule has 9 N–H and O–H groups in total. The van der Waals surface area contributed by atoms with Crippen LogP contribution in [0.3, 0.4) is 0 Å². The molecule has 0 aliphatic heterocycles. The first-order valence-corrected chi connectivity index (χ1v) is 12.3. The summed E-state index contributed by atoms with van der Waals surface area (Å²) in [6, 6.07) is 11.5. The van der Waals surface area contributed by atoms with Crippen molar-refractivity contribution in [2.75, 3.05) is 13.1 Å². The minimum Gasteiger partial charge on any atom is -0.508 e. The zero-order valence-corrected chi connectivity index (χ0v) is 23.7. The van der Waals surface area contributed by atoms with E-state index in [-0.39, 0.29) is 73.2 Å². The molecule has 1 aromatic heterocycles. The summed E-state index contributed by atoms with van der Waals surface area (Å²) in [7, 11) is 0. The number of rotatable bonds is 12. The Labute approximate surface area is 244 Å². The van der Waals surface area contributed by atoms with Gasteiger partial charge in [-0.05, 0) is 55.2 Å². The summed E-state index contributed by atoms with van der Waals surface area (Å²) in [6.45, 7) is 2.24. The maximum atomic E-state index is 12.5. The number of halogens is 2. The van der Waals surface area contributed by atoms with E-state index in [0.29, 0.717) is 36.3 Å². The van der Waals surface area contributed by atoms with Crippen molar-refractivity contribution in [3.8, 4) is 11.5 Å². The zero-order valence-electron chi connectivity index (χ0n) is 22.1. The molecule has 0 bridgehead atoms. The fraction of sp³-hybridized carbons (Fsp3) is 0.333. The summed E-state index contributed by atoms with van der Waals surface area (Å²) < 4.78 is 0. The third-order valence-corrected chi connectivity index (χ3v) is 6.06. The highest BCUT2D eigenvalue weighted by Gasteiger charge is 2.16. The highest BCUT2D eigenvalue weighted by Crippen LogP contribution is 2.12. The van der Waals surface area contributed by atoms with Gasteiger partial charge < -0.3 is 37.3 Å². The highest BCUT2D eigenvalue weighted by molar-refractivity contribution is 5.85. The maximum Gasteiger partial charge on any atom is 0.269 e. The topological polar surface area (TPSA) is 196 Å². The third kappa shape index (κ3) is 10.5. The summed E-state index contributed by atoms with van der Waals surface area (Å²) >= 11 is 0. The predicted molar refractivity (Wildman–Crippen MR) is 157 cm³/mol. The number of aryl methyl sites for hydroxylation is 1. The number of hydrogen-bond donors (Lipinski definition) is 7. The predicted octanol–water partition coefficient (Wildman–Crippen LogP) is 0.791. The normalized spacial score (nSPS) is 11.9. The van der Waals surface area contributed by atoms with Gasteiger partial charge in [0, 0.05) is 31.6 Å². The number of aromatic amines is 1. The molecule has 2 amide bonds. The molecule has 0 radical (unpaired) electrons. The van der Waals surface area contributed by atoms with Crippen molar-refractivity contribution in [2.45, 2.75) is 44.7 Å². The number of nitrogens with zero attached hydrogens (tertiary/aromatic N) is 1. The smallest absolute Gasteiger partial charge is 0.269 e. The summed E-state index contributed by atoms with van der Waals surface area (Å²) in [5.74, 6) is -0.377. The number of amides is 2. The lowest BCUT2D eigenvalue weighted by Crippen LogP contribution is -2.43. The monoisotopic (exact) mass is 594 g/mol. The number of nitrogens with one attached hydrogen (secondary N) is 3. The van der Waals surface area contributed by atoms with Crippen LogP contribution in [-0.4, -0.2) is 57.2 Å². The van der Waals surface area contributed by atoms with Gasteiger partial charge in [-0.25, -0.2) is 0 Å². The van der Waals surface area contributed by atoms with Crippen molar-refractivity contribution < 1.29 is 19.8 Å². The van der Waals surface area contributed by atoms with Crippen LogP contribution in [-0.2, 0) is 35.3 Å². The number of benzene rings is 2. The average molecular weight is 596 g/mol. The quantitative estimate of drug-likeness (QED) is 0.160. The van der Waals surface area contributed by atoms with Crippen molar-refractivity contribution in [3.63, 3.8) is 0 Å². The van der Waals surface area contributed by atoms with E-state index >= 15 is 0 Å². The van der Waals surface area contributed by atoms with Crippen LogP contribution in [0.4, 0.5) is 0 Å². The first-order chi connectivity index (χ1) is 18.1. The number of hydrogen-bond acceptors (Lipinski definition) is 8. The van der Waals surface area contributed by atoms with E-state index in [1.807, 2.05) is 0 Å². The van der Waals surface area contributed by atoms with Gasteiger partial charge in [-0.15, -0.1) is 24.8 Å². The van der Waals surface area contributed by atoms with Gasteiger partial charge in [-0.2, -0.15) is 0 Å². The number of aromatic nitrogens is 2. The number of carbonyl (C=O) groups is 2. The number of H-pyrrole nitrogens is 1. The standard InChI is InChI=1S/C27H34N6O5.2ClH/c1-16-23(10-12-30-25(36)21(28)14-17-2-6-19(34)7-3-17)33-27(38)24(32-16)11-13-31-26(37)22(29)15-18-4-8-20(35)9-5-18;;/h2-9,21-22,34-35H,10-15,28-29H2,1H3,(H,30,36)(H,31,37)(H,33,38);2*1H. The molecule has 40 heavy (non-hydrogen) atoms. The van der Waals surface area contributed by atoms with Crippen molar-refractivity contribution in [3.05, 3.63) is 87.1 Å². The first-order valence-electron chi connectivity index (χ1n) is 12.3. The number of carbonyl (C=O) groups excluding carboxylic acids is 2. The molecule has 0 spiro atoms. The molecule has 11 nitrogen and oxygen atoms in total. The maximum absolute atomic E-state index is 12.5. The second-order valence-corrected chi connectivity index (χ2v) is 9.11. The molecule has 0 fully saturated rings. The van der Waals surface area contributed by atoms with E-state index in [9.17, 15) is 24.6 Å². The Morgan fingerprint density at radius 3 is 1.70 bits per heavy atom. The van der Waals surface area contributed by atoms with E-state index in [1.54, 1.807) is 31.2 Å². The minimum absolute atomic E-state index is 0. The molecule has 0 aliphatic carbocycles. The lowest BCUT2D eigenvalue weighted by atomic mass is 10.1. The second-order valence-electron chi connectivity index (χ2n) is 9.11. The van der Waals surface area contributed by atoms with Crippen LogP contribution in [0.1, 0.15) is 28.2 Å². The van der Waals surface area contributed by atoms with Crippen molar-refractivity contribution >= 4 is 36.6 Å². The van der Waals surface area contributed by atoms with Gasteiger partial charge in [-0.1, -0.05) is 24.3 Å². The molecule has 2 aromatic carbocycles. The average Bonchev–Trinajstić information content (AvgIpc) is 2.89. The Morgan fingerprint density at radius 2 is 1.25 bits per heavy atom. The Kier molecular flexibility index (Phi) is 14.2. The first kappa shape index (κ1) is 34.4. The number of nitrogens with two attached hydrogens (primary N) is 2. The Bertz CT molecular complexity index is 1300. The van der Waals surface area contributed by atoms with Crippen molar-refractivity contribution in [2.24, 2.45) is 11.5 Å². The highest BCUT2D eigenvalue weighted by atomic mass is 35.5. The van der Waals surface area contributed by atoms with Crippen LogP contribution in [0.2, 0.25) is 0 Å². The minimum atomic E-state index is -0.765. The van der Waals surface area contributed by atoms with Crippen molar-refractivity contribution in [1.29, 1.82) is 0 Å². The van der Waals surface area contributed by atoms with Gasteiger partial charge in [0.05, 0.1) is 17.8 Å². The van der Waals surface area contributed by atoms with Gasteiger partial charge in [0.25, 0.3) is 5.56 Å². The van der Waals surface area contributed by atoms with Crippen LogP contribution in [0.25, 0.3) is 0 Å². The molecule has 0 saturated carbocycles. The van der Waals surface area contributed by atoms with E-state index in [0.717, 1.165) is 11.1 Å². The number of phenols is 2. The summed E-state index contributed by atoms with van der Waals surface area (Å²) in [4.78, 5) is 44.3. The fourth-order valence-electron chi connectivity index (χ4n) is 3.87. The second kappa shape index (κ2) is 16.5. The van der Waals surface area contributed by atoms with Gasteiger partial charge in [-0.3, -0.25) is 19.4 Å². The molecule has 3 aromatic rings. The molecule has 0 saturated heterocycles. The van der Waals surface area contributed by atoms with Crippen LogP contribution < -0.4 is 27.7 Å². The largest absolute Gasteiger partial charge is 0.508 e. The Hall–Kier alpha value is -3.64. The number of aromatic hydroxyl groups is 2. The van der Waals surface area contributed by atoms with E-state index < -0.39 is 12.1 Å². The SMILES string of the molecule is Cc1nc(CCNC(=O)C(N)Cc2ccc(O)cc2)c(=O)[nH]c1CCNC(=O)C(N)Cc1ccc(O)cc1.Cl.Cl. The fourth-order valence-corrected chi connectivity index (χ4v) is 3.87. The molecule has 13 heteroatoms. The van der Waals surface area contributed by atoms with E-state index in [1.165, 1.54) is 24.3 Å². The molecule has 3 rings (SSSR count). The van der Waals surface area contributed by atoms with Crippen LogP contribution in [0, 0.1) is 6.92 Å². The van der Waals surface area contributed by atoms with Crippen LogP contribution in [0.15, 0.2) is 53.3 Å². The van der Waals surface area contributed by atoms with E-state index in [4.69, 9.17) is 11.5 Å². The van der Waals surface area contributed by atoms with Gasteiger partial charge in [0.2, 0.25) is 11.8 Å². The lowest BCUT2D eigenvalue weighted by molar-refractivity contribution is -0.123. The molecular weight excluding hydrogens is 559 g/mol. The lowest BCUT2D eigenvalue weighted by Gasteiger charge is -2.14.